The van der Waals surface area contributed by atoms with E-state index in [2.05, 4.69) is 19.2 Å². The minimum absolute atomic E-state index is 0.0105. The van der Waals surface area contributed by atoms with Gasteiger partial charge in [0.05, 0.1) is 6.04 Å². The van der Waals surface area contributed by atoms with E-state index in [1.165, 1.54) is 0 Å². The number of nitrogens with two attached hydrogens (primary N) is 1. The van der Waals surface area contributed by atoms with Crippen molar-refractivity contribution in [2.75, 3.05) is 0 Å². The maximum atomic E-state index is 12.1. The summed E-state index contributed by atoms with van der Waals surface area (Å²) in [7, 11) is 0. The summed E-state index contributed by atoms with van der Waals surface area (Å²) in [5, 5.41) is 3.77. The van der Waals surface area contributed by atoms with Crippen LogP contribution in [-0.4, -0.2) is 11.9 Å². The van der Waals surface area contributed by atoms with Gasteiger partial charge in [0, 0.05) is 17.0 Å². The van der Waals surface area contributed by atoms with Crippen LogP contribution >= 0.6 is 11.6 Å². The molecule has 3 unspecified atom stereocenters. The molecule has 0 aliphatic rings. The fourth-order valence-electron chi connectivity index (χ4n) is 1.83. The van der Waals surface area contributed by atoms with Gasteiger partial charge in [0.2, 0.25) is 5.91 Å². The zero-order chi connectivity index (χ0) is 14.6. The van der Waals surface area contributed by atoms with Crippen molar-refractivity contribution in [1.82, 2.24) is 5.32 Å². The lowest BCUT2D eigenvalue weighted by atomic mass is 9.94. The first-order valence-corrected chi connectivity index (χ1v) is 7.02. The Morgan fingerprint density at radius 1 is 1.16 bits per heavy atom. The van der Waals surface area contributed by atoms with Crippen LogP contribution < -0.4 is 11.1 Å². The first kappa shape index (κ1) is 16.0. The van der Waals surface area contributed by atoms with Crippen molar-refractivity contribution >= 4 is 17.5 Å². The minimum atomic E-state index is -0.200. The maximum Gasteiger partial charge on any atom is 0.224 e. The largest absolute Gasteiger partial charge is 0.349 e. The summed E-state index contributed by atoms with van der Waals surface area (Å²) in [6.07, 6.45) is 0. The van der Waals surface area contributed by atoms with Crippen molar-refractivity contribution < 1.29 is 4.79 Å². The predicted octanol–water partition coefficient (Wildman–Crippen LogP) is 3.14. The normalized spacial score (nSPS) is 15.9. The van der Waals surface area contributed by atoms with E-state index >= 15 is 0 Å². The lowest BCUT2D eigenvalue weighted by molar-refractivity contribution is -0.126. The quantitative estimate of drug-likeness (QED) is 0.872. The Hall–Kier alpha value is -1.06. The van der Waals surface area contributed by atoms with Crippen LogP contribution in [0.2, 0.25) is 5.02 Å². The summed E-state index contributed by atoms with van der Waals surface area (Å²) in [6.45, 7) is 7.85. The first-order valence-electron chi connectivity index (χ1n) is 6.64. The third-order valence-corrected chi connectivity index (χ3v) is 3.65. The summed E-state index contributed by atoms with van der Waals surface area (Å²) < 4.78 is 0. The third-order valence-electron chi connectivity index (χ3n) is 3.40. The summed E-state index contributed by atoms with van der Waals surface area (Å²) in [4.78, 5) is 12.1. The van der Waals surface area contributed by atoms with E-state index in [4.69, 9.17) is 17.3 Å². The molecule has 1 aromatic rings. The van der Waals surface area contributed by atoms with Crippen LogP contribution in [0.1, 0.15) is 39.3 Å². The van der Waals surface area contributed by atoms with E-state index in [-0.39, 0.29) is 23.9 Å². The molecule has 0 saturated carbocycles. The summed E-state index contributed by atoms with van der Waals surface area (Å²) in [5.41, 5.74) is 6.83. The Kier molecular flexibility index (Phi) is 5.83. The highest BCUT2D eigenvalue weighted by molar-refractivity contribution is 6.30. The fourth-order valence-corrected chi connectivity index (χ4v) is 1.95. The molecule has 0 aliphatic carbocycles. The Morgan fingerprint density at radius 3 is 2.11 bits per heavy atom. The average Bonchev–Trinajstić information content (AvgIpc) is 2.35. The van der Waals surface area contributed by atoms with Gasteiger partial charge < -0.3 is 11.1 Å². The lowest BCUT2D eigenvalue weighted by Gasteiger charge is -2.26. The van der Waals surface area contributed by atoms with Crippen LogP contribution in [0.4, 0.5) is 0 Å². The average molecular weight is 283 g/mol. The molecular weight excluding hydrogens is 260 g/mol. The van der Waals surface area contributed by atoms with Crippen LogP contribution in [0.15, 0.2) is 24.3 Å². The fraction of sp³-hybridized carbons (Fsp3) is 0.533. The SMILES string of the molecule is CC(C)C(NC(=O)C(C)C(C)N)c1ccc(Cl)cc1. The standard InChI is InChI=1S/C15H23ClN2O/c1-9(2)14(12-5-7-13(16)8-6-12)18-15(19)10(3)11(4)17/h5-11,14H,17H2,1-4H3,(H,18,19). The molecule has 0 saturated heterocycles. The smallest absolute Gasteiger partial charge is 0.224 e. The van der Waals surface area contributed by atoms with Crippen molar-refractivity contribution in [3.8, 4) is 0 Å². The third kappa shape index (κ3) is 4.51. The van der Waals surface area contributed by atoms with Crippen LogP contribution in [-0.2, 0) is 4.79 Å². The Labute approximate surface area is 120 Å². The number of nitrogens with one attached hydrogen (secondary N) is 1. The van der Waals surface area contributed by atoms with Crippen molar-refractivity contribution in [3.63, 3.8) is 0 Å². The molecular formula is C15H23ClN2O. The van der Waals surface area contributed by atoms with Gasteiger partial charge >= 0.3 is 0 Å². The molecule has 106 valence electrons. The van der Waals surface area contributed by atoms with Gasteiger partial charge in [0.15, 0.2) is 0 Å². The number of benzene rings is 1. The van der Waals surface area contributed by atoms with Crippen molar-refractivity contribution in [3.05, 3.63) is 34.9 Å². The van der Waals surface area contributed by atoms with E-state index in [9.17, 15) is 4.79 Å². The number of rotatable bonds is 5. The van der Waals surface area contributed by atoms with Crippen LogP contribution in [0, 0.1) is 11.8 Å². The van der Waals surface area contributed by atoms with Gasteiger partial charge in [-0.25, -0.2) is 0 Å². The molecule has 0 aliphatic heterocycles. The molecule has 0 heterocycles. The molecule has 0 radical (unpaired) electrons. The number of hydrogen-bond acceptors (Lipinski definition) is 2. The molecule has 0 spiro atoms. The highest BCUT2D eigenvalue weighted by Crippen LogP contribution is 2.23. The van der Waals surface area contributed by atoms with E-state index in [1.807, 2.05) is 38.1 Å². The van der Waals surface area contributed by atoms with Crippen molar-refractivity contribution in [2.24, 2.45) is 17.6 Å². The minimum Gasteiger partial charge on any atom is -0.349 e. The molecule has 3 N–H and O–H groups in total. The Bertz CT molecular complexity index is 415. The second-order valence-electron chi connectivity index (χ2n) is 5.43. The Balaban J connectivity index is 2.85. The van der Waals surface area contributed by atoms with Gasteiger partial charge in [-0.1, -0.05) is 44.5 Å². The van der Waals surface area contributed by atoms with Gasteiger partial charge in [0.1, 0.15) is 0 Å². The van der Waals surface area contributed by atoms with Crippen molar-refractivity contribution in [2.45, 2.75) is 39.8 Å². The topological polar surface area (TPSA) is 55.1 Å². The van der Waals surface area contributed by atoms with Gasteiger partial charge in [0.25, 0.3) is 0 Å². The zero-order valence-corrected chi connectivity index (χ0v) is 12.7. The van der Waals surface area contributed by atoms with E-state index in [0.29, 0.717) is 10.9 Å². The molecule has 0 bridgehead atoms. The molecule has 1 aromatic carbocycles. The van der Waals surface area contributed by atoms with Gasteiger partial charge in [-0.05, 0) is 30.5 Å². The molecule has 0 aromatic heterocycles. The lowest BCUT2D eigenvalue weighted by Crippen LogP contribution is -2.41. The van der Waals surface area contributed by atoms with E-state index < -0.39 is 0 Å². The van der Waals surface area contributed by atoms with Crippen LogP contribution in [0.3, 0.4) is 0 Å². The number of carbonyl (C=O) groups excluding carboxylic acids is 1. The Morgan fingerprint density at radius 2 is 1.68 bits per heavy atom. The number of halogens is 1. The number of amides is 1. The highest BCUT2D eigenvalue weighted by atomic mass is 35.5. The van der Waals surface area contributed by atoms with Crippen LogP contribution in [0.5, 0.6) is 0 Å². The molecule has 4 heteroatoms. The summed E-state index contributed by atoms with van der Waals surface area (Å²) >= 11 is 5.89. The van der Waals surface area contributed by atoms with Gasteiger partial charge in [-0.3, -0.25) is 4.79 Å². The predicted molar refractivity (Wildman–Crippen MR) is 80.0 cm³/mol. The number of hydrogen-bond donors (Lipinski definition) is 2. The molecule has 3 nitrogen and oxygen atoms in total. The monoisotopic (exact) mass is 282 g/mol. The maximum absolute atomic E-state index is 12.1. The van der Waals surface area contributed by atoms with E-state index in [0.717, 1.165) is 5.56 Å². The highest BCUT2D eigenvalue weighted by Gasteiger charge is 2.23. The van der Waals surface area contributed by atoms with Crippen LogP contribution in [0.25, 0.3) is 0 Å². The molecule has 1 amide bonds. The van der Waals surface area contributed by atoms with E-state index in [1.54, 1.807) is 0 Å². The van der Waals surface area contributed by atoms with Gasteiger partial charge in [-0.15, -0.1) is 0 Å². The molecule has 1 rings (SSSR count). The summed E-state index contributed by atoms with van der Waals surface area (Å²) in [5.74, 6) is 0.0857. The molecule has 19 heavy (non-hydrogen) atoms. The number of carbonyl (C=O) groups is 1. The molecule has 0 fully saturated rings. The first-order chi connectivity index (χ1) is 8.82. The van der Waals surface area contributed by atoms with Gasteiger partial charge in [-0.2, -0.15) is 0 Å². The molecule has 3 atom stereocenters. The zero-order valence-electron chi connectivity index (χ0n) is 12.0. The second kappa shape index (κ2) is 6.92. The summed E-state index contributed by atoms with van der Waals surface area (Å²) in [6, 6.07) is 7.40. The second-order valence-corrected chi connectivity index (χ2v) is 5.87. The van der Waals surface area contributed by atoms with Crippen molar-refractivity contribution in [1.29, 1.82) is 0 Å².